The summed E-state index contributed by atoms with van der Waals surface area (Å²) >= 11 is 0. The highest BCUT2D eigenvalue weighted by Gasteiger charge is 2.26. The minimum absolute atomic E-state index is 0.0561. The van der Waals surface area contributed by atoms with Crippen molar-refractivity contribution in [3.8, 4) is 0 Å². The lowest BCUT2D eigenvalue weighted by molar-refractivity contribution is 0.0946. The van der Waals surface area contributed by atoms with Gasteiger partial charge in [0, 0.05) is 29.8 Å². The zero-order chi connectivity index (χ0) is 23.6. The number of H-pyrrole nitrogens is 1. The second-order valence-electron chi connectivity index (χ2n) is 7.13. The summed E-state index contributed by atoms with van der Waals surface area (Å²) in [4.78, 5) is 18.8. The van der Waals surface area contributed by atoms with Gasteiger partial charge in [0.25, 0.3) is 5.91 Å². The summed E-state index contributed by atoms with van der Waals surface area (Å²) in [6.07, 6.45) is 3.28. The molecule has 1 amide bonds. The number of sulfonamides is 1. The Morgan fingerprint density at radius 3 is 2.33 bits per heavy atom. The summed E-state index contributed by atoms with van der Waals surface area (Å²) in [6, 6.07) is 14.8. The van der Waals surface area contributed by atoms with Crippen molar-refractivity contribution in [2.45, 2.75) is 21.2 Å². The summed E-state index contributed by atoms with van der Waals surface area (Å²) in [7, 11) is -6.84. The normalized spacial score (nSPS) is 12.0. The molecule has 0 spiro atoms. The van der Waals surface area contributed by atoms with E-state index < -0.39 is 19.9 Å². The average Bonchev–Trinajstić information content (AvgIpc) is 3.27. The van der Waals surface area contributed by atoms with E-state index in [-0.39, 0.29) is 27.1 Å². The fourth-order valence-corrected chi connectivity index (χ4v) is 6.10. The molecular weight excluding hydrogens is 464 g/mol. The minimum atomic E-state index is -4.09. The van der Waals surface area contributed by atoms with Gasteiger partial charge in [-0.3, -0.25) is 9.78 Å². The Bertz CT molecular complexity index is 1510. The molecule has 0 fully saturated rings. The highest BCUT2D eigenvalue weighted by Crippen LogP contribution is 2.27. The third kappa shape index (κ3) is 4.51. The molecule has 0 aliphatic heterocycles. The van der Waals surface area contributed by atoms with Gasteiger partial charge in [-0.05, 0) is 49.0 Å². The fourth-order valence-electron chi connectivity index (χ4n) is 3.29. The standard InChI is InChI=1S/C22H20N4O5S2/c1-23-33(30,31)21-5-3-2-4-20(21)32(28,29)17-8-6-15(7-9-17)13-25-22(27)19-12-16-14-24-11-10-18(16)26-19/h2-12,14,23,26H,13H2,1H3,(H,25,27). The van der Waals surface area contributed by atoms with Gasteiger partial charge in [0.1, 0.15) is 10.6 Å². The second kappa shape index (κ2) is 8.77. The Labute approximate surface area is 190 Å². The molecule has 11 heteroatoms. The topological polar surface area (TPSA) is 138 Å². The van der Waals surface area contributed by atoms with Crippen molar-refractivity contribution in [3.63, 3.8) is 0 Å². The lowest BCUT2D eigenvalue weighted by Gasteiger charge is -2.11. The van der Waals surface area contributed by atoms with Crippen molar-refractivity contribution < 1.29 is 21.6 Å². The van der Waals surface area contributed by atoms with E-state index in [0.717, 1.165) is 10.9 Å². The summed E-state index contributed by atoms with van der Waals surface area (Å²) in [5.41, 5.74) is 1.86. The highest BCUT2D eigenvalue weighted by molar-refractivity contribution is 7.93. The van der Waals surface area contributed by atoms with Gasteiger partial charge in [-0.2, -0.15) is 0 Å². The van der Waals surface area contributed by atoms with Crippen LogP contribution in [-0.4, -0.2) is 39.8 Å². The molecular formula is C22H20N4O5S2. The molecule has 0 aliphatic carbocycles. The third-order valence-corrected chi connectivity index (χ3v) is 8.48. The lowest BCUT2D eigenvalue weighted by Crippen LogP contribution is -2.23. The van der Waals surface area contributed by atoms with Gasteiger partial charge in [0.15, 0.2) is 0 Å². The number of carbonyl (C=O) groups excluding carboxylic acids is 1. The Morgan fingerprint density at radius 1 is 0.970 bits per heavy atom. The first kappa shape index (κ1) is 22.6. The van der Waals surface area contributed by atoms with Gasteiger partial charge in [-0.25, -0.2) is 21.6 Å². The van der Waals surface area contributed by atoms with E-state index in [4.69, 9.17) is 0 Å². The van der Waals surface area contributed by atoms with Crippen LogP contribution in [0.5, 0.6) is 0 Å². The van der Waals surface area contributed by atoms with E-state index in [1.807, 2.05) is 0 Å². The maximum Gasteiger partial charge on any atom is 0.267 e. The molecule has 0 bridgehead atoms. The monoisotopic (exact) mass is 484 g/mol. The number of nitrogens with one attached hydrogen (secondary N) is 3. The Hall–Kier alpha value is -3.54. The lowest BCUT2D eigenvalue weighted by atomic mass is 10.2. The number of rotatable bonds is 7. The van der Waals surface area contributed by atoms with Gasteiger partial charge in [-0.15, -0.1) is 0 Å². The molecule has 0 aliphatic rings. The molecule has 0 radical (unpaired) electrons. The van der Waals surface area contributed by atoms with E-state index in [1.165, 1.54) is 43.4 Å². The molecule has 170 valence electrons. The van der Waals surface area contributed by atoms with Gasteiger partial charge in [0.05, 0.1) is 9.79 Å². The summed E-state index contributed by atoms with van der Waals surface area (Å²) in [6.45, 7) is 0.178. The first-order valence-corrected chi connectivity index (χ1v) is 12.8. The molecule has 33 heavy (non-hydrogen) atoms. The molecule has 9 nitrogen and oxygen atoms in total. The second-order valence-corrected chi connectivity index (χ2v) is 10.9. The predicted octanol–water partition coefficient (Wildman–Crippen LogP) is 2.23. The van der Waals surface area contributed by atoms with Crippen molar-refractivity contribution in [1.29, 1.82) is 0 Å². The largest absolute Gasteiger partial charge is 0.350 e. The zero-order valence-electron chi connectivity index (χ0n) is 17.4. The maximum absolute atomic E-state index is 13.1. The average molecular weight is 485 g/mol. The molecule has 0 saturated heterocycles. The van der Waals surface area contributed by atoms with Crippen molar-refractivity contribution in [1.82, 2.24) is 20.0 Å². The Morgan fingerprint density at radius 2 is 1.67 bits per heavy atom. The van der Waals surface area contributed by atoms with Crippen LogP contribution in [0.1, 0.15) is 16.1 Å². The van der Waals surface area contributed by atoms with Crippen LogP contribution in [0.15, 0.2) is 87.7 Å². The maximum atomic E-state index is 13.1. The van der Waals surface area contributed by atoms with Crippen molar-refractivity contribution in [2.24, 2.45) is 0 Å². The minimum Gasteiger partial charge on any atom is -0.350 e. The van der Waals surface area contributed by atoms with Crippen LogP contribution in [0, 0.1) is 0 Å². The van der Waals surface area contributed by atoms with E-state index in [9.17, 15) is 21.6 Å². The molecule has 0 atom stereocenters. The summed E-state index contributed by atoms with van der Waals surface area (Å²) < 4.78 is 52.8. The van der Waals surface area contributed by atoms with E-state index in [0.29, 0.717) is 11.3 Å². The molecule has 2 aromatic heterocycles. The third-order valence-electron chi connectivity index (χ3n) is 5.05. The quantitative estimate of drug-likeness (QED) is 0.368. The molecule has 0 unspecified atom stereocenters. The van der Waals surface area contributed by atoms with Crippen LogP contribution in [-0.2, 0) is 26.4 Å². The highest BCUT2D eigenvalue weighted by atomic mass is 32.2. The van der Waals surface area contributed by atoms with Crippen LogP contribution in [0.2, 0.25) is 0 Å². The number of aromatic nitrogens is 2. The van der Waals surface area contributed by atoms with E-state index in [1.54, 1.807) is 36.7 Å². The van der Waals surface area contributed by atoms with Gasteiger partial charge in [-0.1, -0.05) is 24.3 Å². The Balaban J connectivity index is 1.52. The number of amides is 1. The predicted molar refractivity (Wildman–Crippen MR) is 122 cm³/mol. The number of pyridine rings is 1. The number of fused-ring (bicyclic) bond motifs is 1. The van der Waals surface area contributed by atoms with Crippen molar-refractivity contribution in [3.05, 3.63) is 84.3 Å². The number of benzene rings is 2. The zero-order valence-corrected chi connectivity index (χ0v) is 19.1. The number of nitrogens with zero attached hydrogens (tertiary/aromatic N) is 1. The number of hydrogen-bond donors (Lipinski definition) is 3. The smallest absolute Gasteiger partial charge is 0.267 e. The van der Waals surface area contributed by atoms with E-state index in [2.05, 4.69) is 20.0 Å². The van der Waals surface area contributed by atoms with Gasteiger partial charge in [0.2, 0.25) is 19.9 Å². The van der Waals surface area contributed by atoms with Gasteiger partial charge >= 0.3 is 0 Å². The Kier molecular flexibility index (Phi) is 6.02. The molecule has 3 N–H and O–H groups in total. The van der Waals surface area contributed by atoms with Crippen LogP contribution in [0.4, 0.5) is 0 Å². The van der Waals surface area contributed by atoms with Crippen LogP contribution < -0.4 is 10.0 Å². The number of aromatic amines is 1. The molecule has 4 rings (SSSR count). The van der Waals surface area contributed by atoms with Crippen molar-refractivity contribution in [2.75, 3.05) is 7.05 Å². The first-order valence-electron chi connectivity index (χ1n) is 9.80. The molecule has 2 heterocycles. The molecule has 4 aromatic rings. The number of hydrogen-bond acceptors (Lipinski definition) is 6. The van der Waals surface area contributed by atoms with Crippen LogP contribution in [0.3, 0.4) is 0 Å². The number of carbonyl (C=O) groups is 1. The first-order chi connectivity index (χ1) is 15.7. The molecule has 0 saturated carbocycles. The van der Waals surface area contributed by atoms with Crippen LogP contribution >= 0.6 is 0 Å². The van der Waals surface area contributed by atoms with Crippen molar-refractivity contribution >= 4 is 36.7 Å². The van der Waals surface area contributed by atoms with Crippen LogP contribution in [0.25, 0.3) is 10.9 Å². The summed E-state index contributed by atoms with van der Waals surface area (Å²) in [5, 5.41) is 3.59. The fraction of sp³-hybridized carbons (Fsp3) is 0.0909. The number of sulfone groups is 1. The van der Waals surface area contributed by atoms with Gasteiger partial charge < -0.3 is 10.3 Å². The summed E-state index contributed by atoms with van der Waals surface area (Å²) in [5.74, 6) is -0.311. The SMILES string of the molecule is CNS(=O)(=O)c1ccccc1S(=O)(=O)c1ccc(CNC(=O)c2cc3cnccc3[nH]2)cc1. The molecule has 2 aromatic carbocycles. The van der Waals surface area contributed by atoms with E-state index >= 15 is 0 Å².